The number of nitrogens with zero attached hydrogens (tertiary/aromatic N) is 4. The van der Waals surface area contributed by atoms with E-state index in [2.05, 4.69) is 31.4 Å². The van der Waals surface area contributed by atoms with Crippen molar-refractivity contribution in [3.05, 3.63) is 104 Å². The van der Waals surface area contributed by atoms with Crippen LogP contribution in [0.4, 0.5) is 4.39 Å². The number of rotatable bonds is 7. The van der Waals surface area contributed by atoms with Crippen molar-refractivity contribution in [2.24, 2.45) is 0 Å². The summed E-state index contributed by atoms with van der Waals surface area (Å²) in [5.41, 5.74) is 1.81. The van der Waals surface area contributed by atoms with Crippen LogP contribution in [0.25, 0.3) is 22.5 Å². The Labute approximate surface area is 201 Å². The lowest BCUT2D eigenvalue weighted by Gasteiger charge is -2.10. The van der Waals surface area contributed by atoms with Crippen molar-refractivity contribution < 1.29 is 9.18 Å². The largest absolute Gasteiger partial charge is 0.353 e. The number of hydrogen-bond donors (Lipinski definition) is 1. The van der Waals surface area contributed by atoms with Gasteiger partial charge < -0.3 is 5.32 Å². The Hall–Kier alpha value is -3.92. The van der Waals surface area contributed by atoms with Crippen LogP contribution < -0.4 is 16.4 Å². The van der Waals surface area contributed by atoms with Gasteiger partial charge in [-0.1, -0.05) is 28.1 Å². The Kier molecular flexibility index (Phi) is 7.07. The van der Waals surface area contributed by atoms with Crippen LogP contribution in [0.2, 0.25) is 0 Å². The van der Waals surface area contributed by atoms with E-state index in [4.69, 9.17) is 0 Å². The molecule has 0 bridgehead atoms. The Bertz CT molecular complexity index is 1430. The summed E-state index contributed by atoms with van der Waals surface area (Å²) < 4.78 is 16.4. The zero-order valence-electron chi connectivity index (χ0n) is 17.8. The van der Waals surface area contributed by atoms with Crippen molar-refractivity contribution in [2.45, 2.75) is 13.1 Å². The first kappa shape index (κ1) is 23.2. The van der Waals surface area contributed by atoms with Crippen molar-refractivity contribution in [1.29, 1.82) is 0 Å². The molecule has 8 nitrogen and oxygen atoms in total. The quantitative estimate of drug-likeness (QED) is 0.401. The first-order chi connectivity index (χ1) is 16.4. The van der Waals surface area contributed by atoms with Gasteiger partial charge in [0.15, 0.2) is 0 Å². The molecule has 10 heteroatoms. The molecule has 0 spiro atoms. The molecule has 0 unspecified atom stereocenters. The second-order valence-electron chi connectivity index (χ2n) is 7.36. The van der Waals surface area contributed by atoms with Crippen molar-refractivity contribution in [1.82, 2.24) is 24.9 Å². The van der Waals surface area contributed by atoms with Gasteiger partial charge in [0.25, 0.3) is 11.1 Å². The molecule has 4 aromatic rings. The van der Waals surface area contributed by atoms with E-state index < -0.39 is 11.5 Å². The second kappa shape index (κ2) is 10.3. The fourth-order valence-electron chi connectivity index (χ4n) is 3.21. The molecule has 4 rings (SSSR count). The highest BCUT2D eigenvalue weighted by Crippen LogP contribution is 2.19. The Balaban J connectivity index is 1.39. The standard InChI is InChI=1S/C24H19BrFN5O3/c25-18-5-1-16(2-6-18)21-10-12-24(34)31(29-21)15-22(32)27-13-14-30-23(33)11-9-20(28-30)17-3-7-19(26)8-4-17/h1-12H,13-15H2,(H,27,32). The molecule has 0 radical (unpaired) electrons. The summed E-state index contributed by atoms with van der Waals surface area (Å²) in [7, 11) is 0. The summed E-state index contributed by atoms with van der Waals surface area (Å²) in [6, 6.07) is 19.1. The smallest absolute Gasteiger partial charge is 0.267 e. The molecule has 0 atom stereocenters. The molecule has 0 saturated heterocycles. The number of halogens is 2. The van der Waals surface area contributed by atoms with Gasteiger partial charge in [0.1, 0.15) is 12.4 Å². The number of carbonyl (C=O) groups is 1. The lowest BCUT2D eigenvalue weighted by Crippen LogP contribution is -2.36. The van der Waals surface area contributed by atoms with Crippen LogP contribution in [0, 0.1) is 5.82 Å². The number of aromatic nitrogens is 4. The minimum Gasteiger partial charge on any atom is -0.353 e. The van der Waals surface area contributed by atoms with E-state index in [9.17, 15) is 18.8 Å². The predicted molar refractivity (Wildman–Crippen MR) is 129 cm³/mol. The Morgan fingerprint density at radius 3 is 1.94 bits per heavy atom. The zero-order chi connectivity index (χ0) is 24.1. The molecule has 34 heavy (non-hydrogen) atoms. The van der Waals surface area contributed by atoms with Crippen LogP contribution >= 0.6 is 15.9 Å². The van der Waals surface area contributed by atoms with Gasteiger partial charge in [0.2, 0.25) is 5.91 Å². The van der Waals surface area contributed by atoms with E-state index in [1.54, 1.807) is 24.3 Å². The van der Waals surface area contributed by atoms with Crippen molar-refractivity contribution >= 4 is 21.8 Å². The average Bonchev–Trinajstić information content (AvgIpc) is 2.83. The number of amides is 1. The molecule has 0 aliphatic heterocycles. The number of benzene rings is 2. The van der Waals surface area contributed by atoms with Crippen molar-refractivity contribution in [2.75, 3.05) is 6.54 Å². The van der Waals surface area contributed by atoms with Gasteiger partial charge in [-0.25, -0.2) is 13.8 Å². The van der Waals surface area contributed by atoms with Gasteiger partial charge in [0.05, 0.1) is 17.9 Å². The fourth-order valence-corrected chi connectivity index (χ4v) is 3.48. The molecule has 2 heterocycles. The highest BCUT2D eigenvalue weighted by molar-refractivity contribution is 9.10. The van der Waals surface area contributed by atoms with E-state index in [-0.39, 0.29) is 31.0 Å². The lowest BCUT2D eigenvalue weighted by atomic mass is 10.1. The fraction of sp³-hybridized carbons (Fsp3) is 0.125. The van der Waals surface area contributed by atoms with E-state index in [0.717, 1.165) is 14.7 Å². The van der Waals surface area contributed by atoms with Gasteiger partial charge in [-0.2, -0.15) is 10.2 Å². The summed E-state index contributed by atoms with van der Waals surface area (Å²) in [6.45, 7) is -0.0121. The molecular formula is C24H19BrFN5O3. The van der Waals surface area contributed by atoms with Crippen LogP contribution in [0.3, 0.4) is 0 Å². The molecule has 172 valence electrons. The molecule has 0 aliphatic rings. The van der Waals surface area contributed by atoms with E-state index in [1.165, 1.54) is 28.9 Å². The average molecular weight is 524 g/mol. The first-order valence-corrected chi connectivity index (χ1v) is 11.1. The third-order valence-electron chi connectivity index (χ3n) is 4.95. The summed E-state index contributed by atoms with van der Waals surface area (Å²) in [5.74, 6) is -0.791. The van der Waals surface area contributed by atoms with E-state index >= 15 is 0 Å². The summed E-state index contributed by atoms with van der Waals surface area (Å²) >= 11 is 3.37. The number of hydrogen-bond acceptors (Lipinski definition) is 5. The van der Waals surface area contributed by atoms with Crippen LogP contribution in [0.5, 0.6) is 0 Å². The van der Waals surface area contributed by atoms with Gasteiger partial charge in [-0.15, -0.1) is 0 Å². The first-order valence-electron chi connectivity index (χ1n) is 10.3. The maximum absolute atomic E-state index is 13.1. The monoisotopic (exact) mass is 523 g/mol. The lowest BCUT2D eigenvalue weighted by molar-refractivity contribution is -0.121. The molecule has 2 aromatic heterocycles. The highest BCUT2D eigenvalue weighted by atomic mass is 79.9. The second-order valence-corrected chi connectivity index (χ2v) is 8.27. The number of carbonyl (C=O) groups excluding carboxylic acids is 1. The van der Waals surface area contributed by atoms with E-state index in [0.29, 0.717) is 17.0 Å². The van der Waals surface area contributed by atoms with Gasteiger partial charge in [-0.3, -0.25) is 14.4 Å². The molecule has 1 N–H and O–H groups in total. The highest BCUT2D eigenvalue weighted by Gasteiger charge is 2.09. The topological polar surface area (TPSA) is 98.9 Å². The zero-order valence-corrected chi connectivity index (χ0v) is 19.4. The normalized spacial score (nSPS) is 10.8. The van der Waals surface area contributed by atoms with Gasteiger partial charge >= 0.3 is 0 Å². The van der Waals surface area contributed by atoms with Crippen molar-refractivity contribution in [3.63, 3.8) is 0 Å². The Morgan fingerprint density at radius 1 is 0.794 bits per heavy atom. The molecule has 1 amide bonds. The SMILES string of the molecule is O=C(Cn1nc(-c2ccc(Br)cc2)ccc1=O)NCCn1nc(-c2ccc(F)cc2)ccc1=O. The summed E-state index contributed by atoms with van der Waals surface area (Å²) in [4.78, 5) is 36.7. The van der Waals surface area contributed by atoms with Crippen LogP contribution in [0.1, 0.15) is 0 Å². The van der Waals surface area contributed by atoms with Gasteiger partial charge in [-0.05, 0) is 48.5 Å². The molecule has 0 fully saturated rings. The predicted octanol–water partition coefficient (Wildman–Crippen LogP) is 2.85. The summed E-state index contributed by atoms with van der Waals surface area (Å²) in [6.07, 6.45) is 0. The van der Waals surface area contributed by atoms with Gasteiger partial charge in [0, 0.05) is 34.3 Å². The van der Waals surface area contributed by atoms with Crippen LogP contribution in [0.15, 0.2) is 86.9 Å². The maximum atomic E-state index is 13.1. The van der Waals surface area contributed by atoms with Crippen LogP contribution in [-0.4, -0.2) is 32.0 Å². The van der Waals surface area contributed by atoms with Crippen molar-refractivity contribution in [3.8, 4) is 22.5 Å². The number of nitrogens with one attached hydrogen (secondary N) is 1. The van der Waals surface area contributed by atoms with Crippen LogP contribution in [-0.2, 0) is 17.9 Å². The molecule has 0 aliphatic carbocycles. The molecule has 0 saturated carbocycles. The van der Waals surface area contributed by atoms with E-state index in [1.807, 2.05) is 24.3 Å². The molecular weight excluding hydrogens is 505 g/mol. The summed E-state index contributed by atoms with van der Waals surface area (Å²) in [5, 5.41) is 11.2. The molecule has 2 aromatic carbocycles. The third kappa shape index (κ3) is 5.70. The Morgan fingerprint density at radius 2 is 1.32 bits per heavy atom. The minimum atomic E-state index is -0.426. The third-order valence-corrected chi connectivity index (χ3v) is 5.48. The maximum Gasteiger partial charge on any atom is 0.267 e. The minimum absolute atomic E-state index is 0.125.